The van der Waals surface area contributed by atoms with E-state index in [9.17, 15) is 8.42 Å². The third kappa shape index (κ3) is 4.41. The Labute approximate surface area is 168 Å². The number of nitrogens with one attached hydrogen (secondary N) is 2. The lowest BCUT2D eigenvalue weighted by atomic mass is 10.2. The van der Waals surface area contributed by atoms with E-state index in [1.165, 1.54) is 12.1 Å². The van der Waals surface area contributed by atoms with Gasteiger partial charge in [-0.25, -0.2) is 13.6 Å². The maximum Gasteiger partial charge on any atom is 0.238 e. The van der Waals surface area contributed by atoms with Gasteiger partial charge < -0.3 is 15.4 Å². The average Bonchev–Trinajstić information content (AvgIpc) is 2.97. The van der Waals surface area contributed by atoms with Crippen LogP contribution in [0.5, 0.6) is 5.75 Å². The van der Waals surface area contributed by atoms with Crippen molar-refractivity contribution in [3.8, 4) is 5.75 Å². The first-order valence-electron chi connectivity index (χ1n) is 8.47. The smallest absolute Gasteiger partial charge is 0.238 e. The Balaban J connectivity index is 1.89. The normalized spacial score (nSPS) is 11.6. The number of hydrogen-bond acceptors (Lipinski definition) is 5. The zero-order valence-electron chi connectivity index (χ0n) is 15.6. The molecule has 0 atom stereocenters. The van der Waals surface area contributed by atoms with Gasteiger partial charge in [-0.2, -0.15) is 5.10 Å². The first-order valence-corrected chi connectivity index (χ1v) is 10.4. The molecular formula is C18H21N5O3S2. The van der Waals surface area contributed by atoms with Crippen LogP contribution in [0.15, 0.2) is 47.5 Å². The van der Waals surface area contributed by atoms with Crippen molar-refractivity contribution in [3.63, 3.8) is 0 Å². The summed E-state index contributed by atoms with van der Waals surface area (Å²) in [6, 6.07) is 10.1. The summed E-state index contributed by atoms with van der Waals surface area (Å²) < 4.78 is 30.9. The number of aromatic nitrogens is 2. The quantitative estimate of drug-likeness (QED) is 0.545. The Bertz CT molecular complexity index is 1140. The van der Waals surface area contributed by atoms with Gasteiger partial charge in [0.05, 0.1) is 34.1 Å². The van der Waals surface area contributed by atoms with Crippen LogP contribution < -0.4 is 20.5 Å². The summed E-state index contributed by atoms with van der Waals surface area (Å²) in [5.41, 5.74) is 2.13. The molecule has 2 aromatic carbocycles. The molecule has 0 spiro atoms. The van der Waals surface area contributed by atoms with Gasteiger partial charge in [-0.15, -0.1) is 0 Å². The maximum absolute atomic E-state index is 11.7. The molecule has 0 aliphatic carbocycles. The van der Waals surface area contributed by atoms with E-state index < -0.39 is 10.0 Å². The van der Waals surface area contributed by atoms with Crippen LogP contribution in [0.4, 0.5) is 11.4 Å². The van der Waals surface area contributed by atoms with Crippen molar-refractivity contribution in [3.05, 3.63) is 42.6 Å². The molecule has 1 heterocycles. The van der Waals surface area contributed by atoms with Crippen LogP contribution in [0, 0.1) is 0 Å². The molecule has 4 N–H and O–H groups in total. The van der Waals surface area contributed by atoms with Crippen molar-refractivity contribution < 1.29 is 13.2 Å². The number of thiocarbonyl (C=S) groups is 1. The van der Waals surface area contributed by atoms with Crippen molar-refractivity contribution in [1.82, 2.24) is 9.78 Å². The monoisotopic (exact) mass is 419 g/mol. The molecule has 0 radical (unpaired) electrons. The molecule has 148 valence electrons. The number of benzene rings is 2. The van der Waals surface area contributed by atoms with Gasteiger partial charge in [0, 0.05) is 12.4 Å². The first kappa shape index (κ1) is 20.1. The Morgan fingerprint density at radius 1 is 1.21 bits per heavy atom. The Hall–Kier alpha value is -2.69. The van der Waals surface area contributed by atoms with Crippen LogP contribution in [0.25, 0.3) is 10.9 Å². The standard InChI is InChI=1S/C18H21N5O3S2/c1-11(2)26-17-8-7-12(28(19,24)25)9-15(17)22-18(27)21-14-5-4-6-16-13(14)10-20-23(16)3/h4-11H,1-3H3,(H2,19,24,25)(H2,21,22,27). The molecule has 0 aliphatic rings. The van der Waals surface area contributed by atoms with Gasteiger partial charge in [-0.3, -0.25) is 4.68 Å². The Morgan fingerprint density at radius 3 is 2.61 bits per heavy atom. The second-order valence-corrected chi connectivity index (χ2v) is 8.42. The van der Waals surface area contributed by atoms with E-state index in [0.717, 1.165) is 16.6 Å². The minimum absolute atomic E-state index is 0.0386. The number of nitrogens with zero attached hydrogens (tertiary/aromatic N) is 2. The number of anilines is 2. The van der Waals surface area contributed by atoms with E-state index in [1.807, 2.05) is 39.1 Å². The Morgan fingerprint density at radius 2 is 1.93 bits per heavy atom. The molecule has 0 saturated carbocycles. The van der Waals surface area contributed by atoms with E-state index in [4.69, 9.17) is 22.1 Å². The number of hydrogen-bond donors (Lipinski definition) is 3. The third-order valence-corrected chi connectivity index (χ3v) is 5.05. The lowest BCUT2D eigenvalue weighted by molar-refractivity contribution is 0.243. The molecule has 10 heteroatoms. The van der Waals surface area contributed by atoms with Gasteiger partial charge >= 0.3 is 0 Å². The van der Waals surface area contributed by atoms with Crippen molar-refractivity contribution in [1.29, 1.82) is 0 Å². The van der Waals surface area contributed by atoms with Gasteiger partial charge in [0.2, 0.25) is 10.0 Å². The number of ether oxygens (including phenoxy) is 1. The largest absolute Gasteiger partial charge is 0.489 e. The molecule has 1 aromatic heterocycles. The predicted molar refractivity (Wildman–Crippen MR) is 114 cm³/mol. The van der Waals surface area contributed by atoms with Crippen molar-refractivity contribution in [2.45, 2.75) is 24.8 Å². The number of sulfonamides is 1. The molecule has 3 aromatic rings. The highest BCUT2D eigenvalue weighted by atomic mass is 32.2. The molecule has 8 nitrogen and oxygen atoms in total. The van der Waals surface area contributed by atoms with E-state index >= 15 is 0 Å². The third-order valence-electron chi connectivity index (χ3n) is 3.93. The van der Waals surface area contributed by atoms with Gasteiger partial charge in [-0.05, 0) is 56.4 Å². The maximum atomic E-state index is 11.7. The number of nitrogens with two attached hydrogens (primary N) is 1. The van der Waals surface area contributed by atoms with E-state index in [-0.39, 0.29) is 16.1 Å². The highest BCUT2D eigenvalue weighted by Gasteiger charge is 2.15. The fourth-order valence-electron chi connectivity index (χ4n) is 2.70. The summed E-state index contributed by atoms with van der Waals surface area (Å²) in [6.45, 7) is 3.74. The second kappa shape index (κ2) is 7.74. The molecule has 0 bridgehead atoms. The highest BCUT2D eigenvalue weighted by Crippen LogP contribution is 2.29. The van der Waals surface area contributed by atoms with Crippen LogP contribution in [0.1, 0.15) is 13.8 Å². The van der Waals surface area contributed by atoms with Gasteiger partial charge in [-0.1, -0.05) is 6.07 Å². The van der Waals surface area contributed by atoms with E-state index in [2.05, 4.69) is 15.7 Å². The summed E-state index contributed by atoms with van der Waals surface area (Å²) in [5, 5.41) is 16.8. The van der Waals surface area contributed by atoms with Crippen LogP contribution in [-0.2, 0) is 17.1 Å². The summed E-state index contributed by atoms with van der Waals surface area (Å²) in [6.07, 6.45) is 1.64. The first-order chi connectivity index (χ1) is 13.1. The zero-order valence-corrected chi connectivity index (χ0v) is 17.3. The summed E-state index contributed by atoms with van der Waals surface area (Å²) in [4.78, 5) is -0.0386. The second-order valence-electron chi connectivity index (χ2n) is 6.46. The summed E-state index contributed by atoms with van der Waals surface area (Å²) in [5.74, 6) is 0.464. The molecule has 0 fully saturated rings. The Kier molecular flexibility index (Phi) is 5.54. The lowest BCUT2D eigenvalue weighted by Crippen LogP contribution is -2.21. The topological polar surface area (TPSA) is 111 Å². The molecular weight excluding hydrogens is 398 g/mol. The number of fused-ring (bicyclic) bond motifs is 1. The number of primary sulfonamides is 1. The van der Waals surface area contributed by atoms with Crippen molar-refractivity contribution in [2.24, 2.45) is 12.2 Å². The average molecular weight is 420 g/mol. The van der Waals surface area contributed by atoms with Crippen LogP contribution in [0.3, 0.4) is 0 Å². The van der Waals surface area contributed by atoms with Crippen LogP contribution in [0.2, 0.25) is 0 Å². The fraction of sp³-hybridized carbons (Fsp3) is 0.222. The zero-order chi connectivity index (χ0) is 20.5. The van der Waals surface area contributed by atoms with Crippen LogP contribution in [-0.4, -0.2) is 29.4 Å². The highest BCUT2D eigenvalue weighted by molar-refractivity contribution is 7.89. The fourth-order valence-corrected chi connectivity index (χ4v) is 3.46. The molecule has 0 amide bonds. The van der Waals surface area contributed by atoms with Gasteiger partial charge in [0.1, 0.15) is 5.75 Å². The number of rotatable bonds is 5. The number of aryl methyl sites for hydroxylation is 1. The predicted octanol–water partition coefficient (Wildman–Crippen LogP) is 2.82. The SMILES string of the molecule is CC(C)Oc1ccc(S(N)(=O)=O)cc1NC(=S)Nc1cccc2c1cnn2C. The van der Waals surface area contributed by atoms with Crippen LogP contribution >= 0.6 is 12.2 Å². The van der Waals surface area contributed by atoms with E-state index in [1.54, 1.807) is 16.9 Å². The van der Waals surface area contributed by atoms with Gasteiger partial charge in [0.15, 0.2) is 5.11 Å². The lowest BCUT2D eigenvalue weighted by Gasteiger charge is -2.17. The van der Waals surface area contributed by atoms with E-state index in [0.29, 0.717) is 11.4 Å². The minimum Gasteiger partial charge on any atom is -0.489 e. The minimum atomic E-state index is -3.86. The molecule has 0 saturated heterocycles. The molecule has 0 unspecified atom stereocenters. The molecule has 28 heavy (non-hydrogen) atoms. The van der Waals surface area contributed by atoms with Gasteiger partial charge in [0.25, 0.3) is 0 Å². The van der Waals surface area contributed by atoms with Crippen molar-refractivity contribution in [2.75, 3.05) is 10.6 Å². The summed E-state index contributed by atoms with van der Waals surface area (Å²) >= 11 is 5.41. The summed E-state index contributed by atoms with van der Waals surface area (Å²) in [7, 11) is -2.00. The van der Waals surface area contributed by atoms with Crippen molar-refractivity contribution >= 4 is 49.6 Å². The molecule has 3 rings (SSSR count). The molecule has 0 aliphatic heterocycles.